The third-order valence-electron chi connectivity index (χ3n) is 2.96. The molecule has 0 amide bonds. The van der Waals surface area contributed by atoms with Crippen molar-refractivity contribution in [3.8, 4) is 5.75 Å². The van der Waals surface area contributed by atoms with Gasteiger partial charge in [-0.05, 0) is 24.1 Å². The van der Waals surface area contributed by atoms with E-state index in [1.165, 1.54) is 30.1 Å². The van der Waals surface area contributed by atoms with Crippen LogP contribution in [0.2, 0.25) is 0 Å². The smallest absolute Gasteiger partial charge is 0.180 e. The van der Waals surface area contributed by atoms with Crippen LogP contribution in [0.1, 0.15) is 24.5 Å². The maximum absolute atomic E-state index is 13.5. The van der Waals surface area contributed by atoms with Crippen LogP contribution >= 0.6 is 11.8 Å². The number of hydrogen-bond acceptors (Lipinski definition) is 4. The zero-order valence-electron chi connectivity index (χ0n) is 13.5. The summed E-state index contributed by atoms with van der Waals surface area (Å²) in [6, 6.07) is 14.4. The molecule has 24 heavy (non-hydrogen) atoms. The van der Waals surface area contributed by atoms with Crippen LogP contribution in [0.5, 0.6) is 5.75 Å². The Hall–Kier alpha value is -2.34. The van der Waals surface area contributed by atoms with Crippen molar-refractivity contribution in [2.24, 2.45) is 15.9 Å². The van der Waals surface area contributed by atoms with E-state index in [-0.39, 0.29) is 5.82 Å². The standard InChI is InChI=1S/C18H20FN3OS/c1-2-8-23-17-10-15(9-16(19)11-17)12-21-22-18(20)24-13-14-6-4-3-5-7-14/h3-7,9-12H,2,8,13H2,1H3,(H2,20,22). The Morgan fingerprint density at radius 1 is 1.25 bits per heavy atom. The fourth-order valence-corrected chi connectivity index (χ4v) is 2.49. The molecule has 0 saturated carbocycles. The van der Waals surface area contributed by atoms with Crippen LogP contribution in [-0.4, -0.2) is 18.0 Å². The first-order valence-electron chi connectivity index (χ1n) is 7.64. The predicted octanol–water partition coefficient (Wildman–Crippen LogP) is 4.20. The first-order valence-corrected chi connectivity index (χ1v) is 8.62. The number of halogens is 1. The van der Waals surface area contributed by atoms with Crippen molar-refractivity contribution >= 4 is 23.1 Å². The van der Waals surface area contributed by atoms with E-state index in [9.17, 15) is 4.39 Å². The fourth-order valence-electron chi connectivity index (χ4n) is 1.87. The van der Waals surface area contributed by atoms with Crippen molar-refractivity contribution in [3.05, 3.63) is 65.5 Å². The zero-order valence-corrected chi connectivity index (χ0v) is 14.3. The number of nitrogens with two attached hydrogens (primary N) is 1. The van der Waals surface area contributed by atoms with Gasteiger partial charge in [0, 0.05) is 17.4 Å². The molecule has 2 N–H and O–H groups in total. The van der Waals surface area contributed by atoms with Crippen molar-refractivity contribution in [3.63, 3.8) is 0 Å². The maximum Gasteiger partial charge on any atom is 0.180 e. The Morgan fingerprint density at radius 2 is 2.04 bits per heavy atom. The molecule has 6 heteroatoms. The van der Waals surface area contributed by atoms with E-state index in [1.54, 1.807) is 6.07 Å². The average Bonchev–Trinajstić information content (AvgIpc) is 2.59. The number of benzene rings is 2. The molecule has 2 aromatic rings. The SMILES string of the molecule is CCCOc1cc(F)cc(C=NN=C(N)SCc2ccccc2)c1. The third kappa shape index (κ3) is 6.42. The Balaban J connectivity index is 1.93. The lowest BCUT2D eigenvalue weighted by Crippen LogP contribution is -2.06. The molecule has 0 aromatic heterocycles. The second-order valence-corrected chi connectivity index (χ2v) is 6.02. The molecule has 126 valence electrons. The van der Waals surface area contributed by atoms with Gasteiger partial charge in [0.2, 0.25) is 0 Å². The summed E-state index contributed by atoms with van der Waals surface area (Å²) in [5, 5.41) is 8.19. The lowest BCUT2D eigenvalue weighted by atomic mass is 10.2. The molecule has 0 atom stereocenters. The van der Waals surface area contributed by atoms with E-state index in [4.69, 9.17) is 10.5 Å². The second kappa shape index (κ2) is 9.72. The average molecular weight is 345 g/mol. The lowest BCUT2D eigenvalue weighted by molar-refractivity contribution is 0.316. The molecule has 2 rings (SSSR count). The summed E-state index contributed by atoms with van der Waals surface area (Å²) in [5.41, 5.74) is 7.55. The summed E-state index contributed by atoms with van der Waals surface area (Å²) in [6.07, 6.45) is 2.32. The summed E-state index contributed by atoms with van der Waals surface area (Å²) < 4.78 is 19.0. The topological polar surface area (TPSA) is 60.0 Å². The molecule has 0 aliphatic carbocycles. The van der Waals surface area contributed by atoms with E-state index >= 15 is 0 Å². The largest absolute Gasteiger partial charge is 0.493 e. The van der Waals surface area contributed by atoms with Crippen LogP contribution in [0.15, 0.2) is 58.7 Å². The van der Waals surface area contributed by atoms with Gasteiger partial charge >= 0.3 is 0 Å². The number of nitrogens with zero attached hydrogens (tertiary/aromatic N) is 2. The molecule has 0 radical (unpaired) electrons. The van der Waals surface area contributed by atoms with Crippen molar-refractivity contribution in [2.75, 3.05) is 6.61 Å². The molecule has 0 unspecified atom stereocenters. The quantitative estimate of drug-likeness (QED) is 0.465. The van der Waals surface area contributed by atoms with Crippen molar-refractivity contribution in [1.29, 1.82) is 0 Å². The minimum atomic E-state index is -0.375. The number of rotatable bonds is 7. The van der Waals surface area contributed by atoms with E-state index in [0.29, 0.717) is 23.1 Å². The van der Waals surface area contributed by atoms with Crippen LogP contribution in [0, 0.1) is 5.82 Å². The van der Waals surface area contributed by atoms with E-state index in [1.807, 2.05) is 37.3 Å². The van der Waals surface area contributed by atoms with Gasteiger partial charge in [0.15, 0.2) is 5.17 Å². The van der Waals surface area contributed by atoms with Gasteiger partial charge in [-0.2, -0.15) is 5.10 Å². The number of amidine groups is 1. The fraction of sp³-hybridized carbons (Fsp3) is 0.222. The highest BCUT2D eigenvalue weighted by Gasteiger charge is 2.00. The van der Waals surface area contributed by atoms with Crippen LogP contribution in [0.4, 0.5) is 4.39 Å². The first-order chi connectivity index (χ1) is 11.7. The molecular weight excluding hydrogens is 325 g/mol. The Morgan fingerprint density at radius 3 is 2.79 bits per heavy atom. The highest BCUT2D eigenvalue weighted by Crippen LogP contribution is 2.16. The summed E-state index contributed by atoms with van der Waals surface area (Å²) >= 11 is 1.40. The highest BCUT2D eigenvalue weighted by molar-refractivity contribution is 8.13. The molecule has 2 aromatic carbocycles. The zero-order chi connectivity index (χ0) is 17.2. The molecule has 0 aliphatic rings. The van der Waals surface area contributed by atoms with Gasteiger partial charge in [-0.15, -0.1) is 5.10 Å². The van der Waals surface area contributed by atoms with Crippen molar-refractivity contribution in [2.45, 2.75) is 19.1 Å². The number of hydrogen-bond donors (Lipinski definition) is 1. The molecule has 0 fully saturated rings. The van der Waals surface area contributed by atoms with Crippen molar-refractivity contribution in [1.82, 2.24) is 0 Å². The van der Waals surface area contributed by atoms with Gasteiger partial charge in [0.05, 0.1) is 12.8 Å². The monoisotopic (exact) mass is 345 g/mol. The number of ether oxygens (including phenoxy) is 1. The van der Waals surface area contributed by atoms with Gasteiger partial charge in [-0.3, -0.25) is 0 Å². The third-order valence-corrected chi connectivity index (χ3v) is 3.81. The maximum atomic E-state index is 13.5. The predicted molar refractivity (Wildman–Crippen MR) is 99.1 cm³/mol. The van der Waals surface area contributed by atoms with Gasteiger partial charge < -0.3 is 10.5 Å². The van der Waals surface area contributed by atoms with Gasteiger partial charge in [-0.25, -0.2) is 4.39 Å². The van der Waals surface area contributed by atoms with Crippen LogP contribution < -0.4 is 10.5 Å². The van der Waals surface area contributed by atoms with E-state index in [2.05, 4.69) is 10.2 Å². The summed E-state index contributed by atoms with van der Waals surface area (Å²) in [5.74, 6) is 0.829. The summed E-state index contributed by atoms with van der Waals surface area (Å²) in [4.78, 5) is 0. The molecule has 4 nitrogen and oxygen atoms in total. The normalized spacial score (nSPS) is 11.8. The lowest BCUT2D eigenvalue weighted by Gasteiger charge is -2.05. The minimum Gasteiger partial charge on any atom is -0.493 e. The summed E-state index contributed by atoms with van der Waals surface area (Å²) in [6.45, 7) is 2.54. The second-order valence-electron chi connectivity index (χ2n) is 5.03. The highest BCUT2D eigenvalue weighted by atomic mass is 32.2. The molecule has 0 bridgehead atoms. The molecule has 0 spiro atoms. The Kier molecular flexibility index (Phi) is 7.29. The van der Waals surface area contributed by atoms with Crippen LogP contribution in [0.25, 0.3) is 0 Å². The van der Waals surface area contributed by atoms with Gasteiger partial charge in [0.25, 0.3) is 0 Å². The van der Waals surface area contributed by atoms with E-state index in [0.717, 1.165) is 17.7 Å². The molecule has 0 saturated heterocycles. The Labute approximate surface area is 145 Å². The molecule has 0 aliphatic heterocycles. The van der Waals surface area contributed by atoms with Gasteiger partial charge in [-0.1, -0.05) is 49.0 Å². The molecule has 0 heterocycles. The Bertz CT molecular complexity index is 705. The molecular formula is C18H20FN3OS. The van der Waals surface area contributed by atoms with E-state index < -0.39 is 0 Å². The minimum absolute atomic E-state index is 0.356. The van der Waals surface area contributed by atoms with Crippen LogP contribution in [0.3, 0.4) is 0 Å². The number of thioether (sulfide) groups is 1. The summed E-state index contributed by atoms with van der Waals surface area (Å²) in [7, 11) is 0. The first kappa shape index (κ1) is 18.0. The van der Waals surface area contributed by atoms with Crippen LogP contribution in [-0.2, 0) is 5.75 Å². The van der Waals surface area contributed by atoms with Gasteiger partial charge in [0.1, 0.15) is 11.6 Å². The van der Waals surface area contributed by atoms with Crippen molar-refractivity contribution < 1.29 is 9.13 Å².